The van der Waals surface area contributed by atoms with Gasteiger partial charge in [-0.1, -0.05) is 30.3 Å². The highest BCUT2D eigenvalue weighted by atomic mass is 16.5. The maximum Gasteiger partial charge on any atom is 0.381 e. The van der Waals surface area contributed by atoms with Crippen molar-refractivity contribution in [2.75, 3.05) is 7.11 Å². The molecule has 5 heteroatoms. The number of aromatic nitrogens is 2. The molecule has 0 radical (unpaired) electrons. The molecule has 19 heavy (non-hydrogen) atoms. The first-order chi connectivity index (χ1) is 9.15. The molecule has 0 fully saturated rings. The fourth-order valence-electron chi connectivity index (χ4n) is 1.87. The van der Waals surface area contributed by atoms with Crippen LogP contribution in [0.1, 0.15) is 29.0 Å². The standard InChI is InChI=1S/C14H14N2O3/c1-10(11-6-4-3-5-7-11)16-12(8-9-15-16)13(17)14(18)19-2/h3-10H,1-2H3/t10-/m1/s1. The van der Waals surface area contributed by atoms with Crippen LogP contribution in [0.15, 0.2) is 42.6 Å². The number of carbonyl (C=O) groups excluding carboxylic acids is 2. The van der Waals surface area contributed by atoms with Crippen LogP contribution in [0.2, 0.25) is 0 Å². The molecule has 1 atom stereocenters. The molecule has 0 saturated heterocycles. The topological polar surface area (TPSA) is 61.2 Å². The lowest BCUT2D eigenvalue weighted by atomic mass is 10.1. The van der Waals surface area contributed by atoms with E-state index in [4.69, 9.17) is 0 Å². The van der Waals surface area contributed by atoms with Gasteiger partial charge in [0.05, 0.1) is 13.2 Å². The highest BCUT2D eigenvalue weighted by molar-refractivity contribution is 6.40. The van der Waals surface area contributed by atoms with Gasteiger partial charge in [0.2, 0.25) is 0 Å². The summed E-state index contributed by atoms with van der Waals surface area (Å²) < 4.78 is 5.97. The Bertz CT molecular complexity index is 590. The summed E-state index contributed by atoms with van der Waals surface area (Å²) in [4.78, 5) is 23.2. The van der Waals surface area contributed by atoms with E-state index in [1.807, 2.05) is 37.3 Å². The number of nitrogens with zero attached hydrogens (tertiary/aromatic N) is 2. The molecule has 0 spiro atoms. The van der Waals surface area contributed by atoms with Gasteiger partial charge in [0, 0.05) is 6.20 Å². The summed E-state index contributed by atoms with van der Waals surface area (Å²) in [6.45, 7) is 1.91. The number of esters is 1. The highest BCUT2D eigenvalue weighted by Crippen LogP contribution is 2.18. The van der Waals surface area contributed by atoms with Crippen molar-refractivity contribution in [2.45, 2.75) is 13.0 Å². The third kappa shape index (κ3) is 2.54. The Morgan fingerprint density at radius 1 is 1.21 bits per heavy atom. The molecule has 1 aromatic heterocycles. The lowest BCUT2D eigenvalue weighted by Crippen LogP contribution is -2.22. The van der Waals surface area contributed by atoms with Gasteiger partial charge in [-0.25, -0.2) is 4.79 Å². The molecule has 2 aromatic rings. The van der Waals surface area contributed by atoms with Crippen LogP contribution >= 0.6 is 0 Å². The molecule has 0 unspecified atom stereocenters. The lowest BCUT2D eigenvalue weighted by molar-refractivity contribution is -0.135. The number of rotatable bonds is 4. The number of ether oxygens (including phenoxy) is 1. The number of carbonyl (C=O) groups is 2. The highest BCUT2D eigenvalue weighted by Gasteiger charge is 2.23. The second kappa shape index (κ2) is 5.48. The van der Waals surface area contributed by atoms with Gasteiger partial charge in [-0.05, 0) is 18.6 Å². The Morgan fingerprint density at radius 3 is 2.53 bits per heavy atom. The predicted molar refractivity (Wildman–Crippen MR) is 68.8 cm³/mol. The van der Waals surface area contributed by atoms with Crippen molar-refractivity contribution in [1.29, 1.82) is 0 Å². The number of hydrogen-bond donors (Lipinski definition) is 0. The Hall–Kier alpha value is -2.43. The van der Waals surface area contributed by atoms with Crippen molar-refractivity contribution in [1.82, 2.24) is 9.78 Å². The van der Waals surface area contributed by atoms with Crippen LogP contribution in [0.4, 0.5) is 0 Å². The van der Waals surface area contributed by atoms with Gasteiger partial charge in [-0.2, -0.15) is 5.10 Å². The van der Waals surface area contributed by atoms with Gasteiger partial charge >= 0.3 is 5.97 Å². The van der Waals surface area contributed by atoms with E-state index in [1.54, 1.807) is 0 Å². The fraction of sp³-hybridized carbons (Fsp3) is 0.214. The Balaban J connectivity index is 2.35. The smallest absolute Gasteiger partial charge is 0.381 e. The predicted octanol–water partition coefficient (Wildman–Crippen LogP) is 1.85. The van der Waals surface area contributed by atoms with E-state index >= 15 is 0 Å². The van der Waals surface area contributed by atoms with Gasteiger partial charge in [0.1, 0.15) is 5.69 Å². The third-order valence-corrected chi connectivity index (χ3v) is 2.92. The summed E-state index contributed by atoms with van der Waals surface area (Å²) in [6, 6.07) is 11.0. The summed E-state index contributed by atoms with van der Waals surface area (Å²) in [7, 11) is 1.18. The molecule has 0 saturated carbocycles. The molecule has 0 bridgehead atoms. The summed E-state index contributed by atoms with van der Waals surface area (Å²) in [5.74, 6) is -1.58. The maximum absolute atomic E-state index is 11.9. The molecule has 0 N–H and O–H groups in total. The first kappa shape index (κ1) is 13.0. The van der Waals surface area contributed by atoms with Crippen LogP contribution in [-0.2, 0) is 9.53 Å². The zero-order valence-corrected chi connectivity index (χ0v) is 10.7. The van der Waals surface area contributed by atoms with E-state index in [-0.39, 0.29) is 11.7 Å². The van der Waals surface area contributed by atoms with Crippen LogP contribution < -0.4 is 0 Å². The molecule has 2 rings (SSSR count). The van der Waals surface area contributed by atoms with Crippen molar-refractivity contribution in [3.05, 3.63) is 53.9 Å². The molecule has 1 aromatic carbocycles. The van der Waals surface area contributed by atoms with Crippen LogP contribution in [0.25, 0.3) is 0 Å². The third-order valence-electron chi connectivity index (χ3n) is 2.92. The summed E-state index contributed by atoms with van der Waals surface area (Å²) >= 11 is 0. The normalized spacial score (nSPS) is 11.9. The van der Waals surface area contributed by atoms with Crippen LogP contribution in [0, 0.1) is 0 Å². The van der Waals surface area contributed by atoms with Gasteiger partial charge in [-0.15, -0.1) is 0 Å². The number of hydrogen-bond acceptors (Lipinski definition) is 4. The molecule has 0 aliphatic heterocycles. The molecule has 1 heterocycles. The number of methoxy groups -OCH3 is 1. The average molecular weight is 258 g/mol. The molecule has 0 amide bonds. The second-order valence-corrected chi connectivity index (χ2v) is 4.07. The average Bonchev–Trinajstić information content (AvgIpc) is 2.95. The van der Waals surface area contributed by atoms with Crippen molar-refractivity contribution in [3.8, 4) is 0 Å². The SMILES string of the molecule is COC(=O)C(=O)c1ccnn1[C@H](C)c1ccccc1. The summed E-state index contributed by atoms with van der Waals surface area (Å²) in [5.41, 5.74) is 1.23. The maximum atomic E-state index is 11.9. The van der Waals surface area contributed by atoms with Gasteiger partial charge < -0.3 is 4.74 Å². The summed E-state index contributed by atoms with van der Waals surface area (Å²) in [5, 5.41) is 4.12. The van der Waals surface area contributed by atoms with Crippen molar-refractivity contribution < 1.29 is 14.3 Å². The molecule has 0 aliphatic rings. The Labute approximate surface area is 110 Å². The van der Waals surface area contributed by atoms with E-state index in [1.165, 1.54) is 24.1 Å². The zero-order valence-electron chi connectivity index (χ0n) is 10.7. The largest absolute Gasteiger partial charge is 0.463 e. The van der Waals surface area contributed by atoms with E-state index in [0.29, 0.717) is 0 Å². The van der Waals surface area contributed by atoms with Crippen molar-refractivity contribution in [3.63, 3.8) is 0 Å². The number of Topliss-reactive ketones (excluding diaryl/α,β-unsaturated/α-hetero) is 1. The fourth-order valence-corrected chi connectivity index (χ4v) is 1.87. The van der Waals surface area contributed by atoms with E-state index in [9.17, 15) is 9.59 Å². The van der Waals surface area contributed by atoms with Crippen LogP contribution in [0.5, 0.6) is 0 Å². The molecule has 98 valence electrons. The number of benzene rings is 1. The van der Waals surface area contributed by atoms with Gasteiger partial charge in [-0.3, -0.25) is 9.48 Å². The lowest BCUT2D eigenvalue weighted by Gasteiger charge is -2.15. The molecule has 0 aliphatic carbocycles. The van der Waals surface area contributed by atoms with Crippen LogP contribution in [0.3, 0.4) is 0 Å². The second-order valence-electron chi connectivity index (χ2n) is 4.07. The quantitative estimate of drug-likeness (QED) is 0.477. The Kier molecular flexibility index (Phi) is 3.75. The van der Waals surface area contributed by atoms with Crippen molar-refractivity contribution in [2.24, 2.45) is 0 Å². The molecule has 5 nitrogen and oxygen atoms in total. The minimum absolute atomic E-state index is 0.139. The Morgan fingerprint density at radius 2 is 1.89 bits per heavy atom. The molecular weight excluding hydrogens is 244 g/mol. The summed E-state index contributed by atoms with van der Waals surface area (Å²) in [6.07, 6.45) is 1.50. The minimum Gasteiger partial charge on any atom is -0.463 e. The monoisotopic (exact) mass is 258 g/mol. The van der Waals surface area contributed by atoms with Crippen LogP contribution in [-0.4, -0.2) is 28.6 Å². The first-order valence-electron chi connectivity index (χ1n) is 5.86. The van der Waals surface area contributed by atoms with E-state index in [2.05, 4.69) is 9.84 Å². The minimum atomic E-state index is -0.887. The van der Waals surface area contributed by atoms with Gasteiger partial charge in [0.25, 0.3) is 5.78 Å². The van der Waals surface area contributed by atoms with E-state index in [0.717, 1.165) is 5.56 Å². The number of ketones is 1. The van der Waals surface area contributed by atoms with E-state index < -0.39 is 11.8 Å². The van der Waals surface area contributed by atoms with Gasteiger partial charge in [0.15, 0.2) is 0 Å². The molecular formula is C14H14N2O3. The first-order valence-corrected chi connectivity index (χ1v) is 5.86. The van der Waals surface area contributed by atoms with Crippen molar-refractivity contribution >= 4 is 11.8 Å². The zero-order chi connectivity index (χ0) is 13.8.